The Morgan fingerprint density at radius 2 is 2.00 bits per heavy atom. The standard InChI is InChI=1S/C13H14B3NOS/c14-9-8-6(4-7-2-1-3-17-7)5-19-13(8)11(16)10(15)12(9)18/h6-7,17-18H,1-5H2. The smallest absolute Gasteiger partial charge is 0.119 e. The van der Waals surface area contributed by atoms with E-state index in [1.54, 1.807) is 11.8 Å². The molecule has 6 radical (unpaired) electrons. The average Bonchev–Trinajstić information content (AvgIpc) is 3.04. The molecule has 19 heavy (non-hydrogen) atoms. The lowest BCUT2D eigenvalue weighted by Gasteiger charge is -2.21. The molecule has 92 valence electrons. The highest BCUT2D eigenvalue weighted by Gasteiger charge is 2.31. The second-order valence-corrected chi connectivity index (χ2v) is 6.40. The Bertz CT molecular complexity index is 517. The number of thioether (sulfide) groups is 1. The fourth-order valence-corrected chi connectivity index (χ4v) is 4.47. The van der Waals surface area contributed by atoms with E-state index in [1.807, 2.05) is 0 Å². The van der Waals surface area contributed by atoms with Gasteiger partial charge in [0, 0.05) is 16.7 Å². The van der Waals surface area contributed by atoms with Crippen LogP contribution in [0.1, 0.15) is 30.7 Å². The number of aromatic hydroxyl groups is 1. The zero-order valence-corrected chi connectivity index (χ0v) is 11.6. The number of hydrogen-bond donors (Lipinski definition) is 2. The third-order valence-electron chi connectivity index (χ3n) is 4.15. The Balaban J connectivity index is 1.95. The summed E-state index contributed by atoms with van der Waals surface area (Å²) in [5.74, 6) is 1.26. The Morgan fingerprint density at radius 3 is 2.68 bits per heavy atom. The molecular weight excluding hydrogens is 251 g/mol. The van der Waals surface area contributed by atoms with Crippen molar-refractivity contribution in [3.63, 3.8) is 0 Å². The molecule has 0 bridgehead atoms. The van der Waals surface area contributed by atoms with E-state index in [9.17, 15) is 5.11 Å². The normalized spacial score (nSPS) is 25.7. The van der Waals surface area contributed by atoms with E-state index in [4.69, 9.17) is 23.5 Å². The van der Waals surface area contributed by atoms with E-state index in [2.05, 4.69) is 5.32 Å². The molecule has 2 aliphatic heterocycles. The van der Waals surface area contributed by atoms with Gasteiger partial charge in [-0.2, -0.15) is 0 Å². The zero-order valence-electron chi connectivity index (χ0n) is 10.8. The first kappa shape index (κ1) is 13.5. The molecule has 1 aromatic rings. The van der Waals surface area contributed by atoms with Gasteiger partial charge in [0.25, 0.3) is 0 Å². The number of benzene rings is 1. The van der Waals surface area contributed by atoms with Crippen LogP contribution in [0.15, 0.2) is 4.90 Å². The van der Waals surface area contributed by atoms with Crippen LogP contribution in [0.4, 0.5) is 0 Å². The minimum Gasteiger partial charge on any atom is -0.509 e. The van der Waals surface area contributed by atoms with Crippen molar-refractivity contribution in [1.82, 2.24) is 5.32 Å². The predicted molar refractivity (Wildman–Crippen MR) is 83.4 cm³/mol. The number of phenolic OH excluding ortho intramolecular Hbond substituents is 1. The lowest BCUT2D eigenvalue weighted by Crippen LogP contribution is -2.35. The van der Waals surface area contributed by atoms with Crippen molar-refractivity contribution >= 4 is 51.7 Å². The van der Waals surface area contributed by atoms with Gasteiger partial charge in [-0.25, -0.2) is 0 Å². The topological polar surface area (TPSA) is 32.3 Å². The quantitative estimate of drug-likeness (QED) is 0.680. The van der Waals surface area contributed by atoms with E-state index >= 15 is 0 Å². The summed E-state index contributed by atoms with van der Waals surface area (Å²) in [4.78, 5) is 0.968. The molecule has 2 heterocycles. The van der Waals surface area contributed by atoms with Gasteiger partial charge < -0.3 is 10.4 Å². The van der Waals surface area contributed by atoms with E-state index in [0.717, 1.165) is 29.2 Å². The van der Waals surface area contributed by atoms with Gasteiger partial charge in [0.15, 0.2) is 0 Å². The van der Waals surface area contributed by atoms with Crippen molar-refractivity contribution < 1.29 is 5.11 Å². The lowest BCUT2D eigenvalue weighted by molar-refractivity contribution is 0.480. The maximum atomic E-state index is 9.98. The van der Waals surface area contributed by atoms with E-state index in [0.29, 0.717) is 22.9 Å². The number of phenols is 1. The molecule has 2 unspecified atom stereocenters. The van der Waals surface area contributed by atoms with Gasteiger partial charge in [-0.3, -0.25) is 0 Å². The van der Waals surface area contributed by atoms with Gasteiger partial charge in [-0.05, 0) is 37.3 Å². The third kappa shape index (κ3) is 2.23. The molecule has 0 amide bonds. The first-order valence-corrected chi connectivity index (χ1v) is 7.63. The van der Waals surface area contributed by atoms with Crippen LogP contribution in [0.3, 0.4) is 0 Å². The first-order valence-electron chi connectivity index (χ1n) is 6.65. The maximum absolute atomic E-state index is 9.98. The molecule has 0 saturated carbocycles. The molecule has 2 aliphatic rings. The van der Waals surface area contributed by atoms with Gasteiger partial charge in [-0.1, -0.05) is 16.4 Å². The summed E-state index contributed by atoms with van der Waals surface area (Å²) in [6.07, 6.45) is 3.50. The van der Waals surface area contributed by atoms with E-state index in [1.165, 1.54) is 12.8 Å². The summed E-state index contributed by atoms with van der Waals surface area (Å²) in [5.41, 5.74) is 2.11. The molecule has 2 atom stereocenters. The Hall–Kier alpha value is -0.475. The van der Waals surface area contributed by atoms with Gasteiger partial charge >= 0.3 is 0 Å². The minimum atomic E-state index is -0.0527. The molecule has 1 fully saturated rings. The molecular formula is C13H14B3NOS. The number of rotatable bonds is 2. The molecule has 1 saturated heterocycles. The van der Waals surface area contributed by atoms with Crippen LogP contribution in [0.25, 0.3) is 0 Å². The number of hydrogen-bond acceptors (Lipinski definition) is 3. The summed E-state index contributed by atoms with van der Waals surface area (Å²) in [7, 11) is 17.8. The van der Waals surface area contributed by atoms with Gasteiger partial charge in [-0.15, -0.1) is 11.8 Å². The summed E-state index contributed by atoms with van der Waals surface area (Å²) < 4.78 is 0. The van der Waals surface area contributed by atoms with E-state index < -0.39 is 0 Å². The van der Waals surface area contributed by atoms with Crippen LogP contribution in [-0.4, -0.2) is 47.0 Å². The molecule has 2 N–H and O–H groups in total. The second kappa shape index (κ2) is 5.14. The average molecular weight is 265 g/mol. The fourth-order valence-electron chi connectivity index (χ4n) is 3.11. The van der Waals surface area contributed by atoms with Crippen LogP contribution in [0.2, 0.25) is 0 Å². The number of fused-ring (bicyclic) bond motifs is 1. The highest BCUT2D eigenvalue weighted by Crippen LogP contribution is 2.40. The summed E-state index contributed by atoms with van der Waals surface area (Å²) in [6, 6.07) is 0.553. The van der Waals surface area contributed by atoms with E-state index in [-0.39, 0.29) is 11.2 Å². The fraction of sp³-hybridized carbons (Fsp3) is 0.538. The van der Waals surface area contributed by atoms with Crippen molar-refractivity contribution in [2.24, 2.45) is 0 Å². The Labute approximate surface area is 122 Å². The highest BCUT2D eigenvalue weighted by atomic mass is 32.2. The van der Waals surface area contributed by atoms with Crippen LogP contribution < -0.4 is 21.7 Å². The first-order chi connectivity index (χ1) is 9.09. The third-order valence-corrected chi connectivity index (χ3v) is 5.45. The van der Waals surface area contributed by atoms with Crippen molar-refractivity contribution in [3.8, 4) is 5.75 Å². The molecule has 1 aromatic carbocycles. The minimum absolute atomic E-state index is 0.0527. The highest BCUT2D eigenvalue weighted by molar-refractivity contribution is 7.99. The molecule has 3 rings (SSSR count). The monoisotopic (exact) mass is 265 g/mol. The summed E-state index contributed by atoms with van der Waals surface area (Å²) in [6.45, 7) is 1.10. The van der Waals surface area contributed by atoms with Crippen molar-refractivity contribution in [1.29, 1.82) is 0 Å². The van der Waals surface area contributed by atoms with Crippen molar-refractivity contribution in [2.45, 2.75) is 36.1 Å². The van der Waals surface area contributed by atoms with Gasteiger partial charge in [0.2, 0.25) is 0 Å². The van der Waals surface area contributed by atoms with Crippen LogP contribution in [0, 0.1) is 0 Å². The SMILES string of the molecule is [B]c1c([B])c2c(c([B])c1O)C(CC1CCCN1)CS2. The zero-order chi connectivity index (χ0) is 13.6. The molecule has 0 spiro atoms. The summed E-state index contributed by atoms with van der Waals surface area (Å²) in [5, 5.41) is 13.5. The molecule has 0 aromatic heterocycles. The second-order valence-electron chi connectivity index (χ2n) is 5.37. The van der Waals surface area contributed by atoms with Crippen LogP contribution in [-0.2, 0) is 0 Å². The predicted octanol–water partition coefficient (Wildman–Crippen LogP) is -0.895. The lowest BCUT2D eigenvalue weighted by atomic mass is 9.71. The molecule has 2 nitrogen and oxygen atoms in total. The largest absolute Gasteiger partial charge is 0.509 e. The van der Waals surface area contributed by atoms with Crippen molar-refractivity contribution in [2.75, 3.05) is 12.3 Å². The van der Waals surface area contributed by atoms with Gasteiger partial charge in [0.05, 0.1) is 0 Å². The Kier molecular flexibility index (Phi) is 3.65. The summed E-state index contributed by atoms with van der Waals surface area (Å²) >= 11 is 1.70. The maximum Gasteiger partial charge on any atom is 0.119 e. The molecule has 0 aliphatic carbocycles. The van der Waals surface area contributed by atoms with Crippen LogP contribution in [0.5, 0.6) is 5.75 Å². The van der Waals surface area contributed by atoms with Crippen molar-refractivity contribution in [3.05, 3.63) is 5.56 Å². The number of nitrogens with one attached hydrogen (secondary N) is 1. The van der Waals surface area contributed by atoms with Crippen LogP contribution >= 0.6 is 11.8 Å². The molecule has 6 heteroatoms. The van der Waals surface area contributed by atoms with Gasteiger partial charge in [0.1, 0.15) is 29.3 Å². The Morgan fingerprint density at radius 1 is 1.21 bits per heavy atom.